The summed E-state index contributed by atoms with van der Waals surface area (Å²) < 4.78 is 56.2. The molecule has 2 aromatic carbocycles. The van der Waals surface area contributed by atoms with Gasteiger partial charge in [0.2, 0.25) is 11.7 Å². The minimum Gasteiger partial charge on any atom is -0.352 e. The van der Waals surface area contributed by atoms with Crippen LogP contribution in [0, 0.1) is 5.82 Å². The van der Waals surface area contributed by atoms with Crippen molar-refractivity contribution in [1.29, 1.82) is 0 Å². The molecule has 0 fully saturated rings. The van der Waals surface area contributed by atoms with Gasteiger partial charge >= 0.3 is 6.18 Å². The van der Waals surface area contributed by atoms with Crippen LogP contribution in [0.1, 0.15) is 21.8 Å². The highest BCUT2D eigenvalue weighted by Gasteiger charge is 2.30. The van der Waals surface area contributed by atoms with Gasteiger partial charge in [0.25, 0.3) is 5.91 Å². The second-order valence-electron chi connectivity index (χ2n) is 5.57. The Morgan fingerprint density at radius 1 is 1.07 bits per heavy atom. The second kappa shape index (κ2) is 7.56. The summed E-state index contributed by atoms with van der Waals surface area (Å²) in [5, 5.41) is 6.23. The number of rotatable bonds is 5. The van der Waals surface area contributed by atoms with E-state index in [4.69, 9.17) is 4.52 Å². The van der Waals surface area contributed by atoms with Crippen molar-refractivity contribution in [2.75, 3.05) is 6.54 Å². The SMILES string of the molecule is O=C(NCCc1nc(-c2ccccc2F)no1)c1ccc(C(F)(F)F)cc1. The average Bonchev–Trinajstić information content (AvgIpc) is 3.10. The fourth-order valence-corrected chi connectivity index (χ4v) is 2.30. The summed E-state index contributed by atoms with van der Waals surface area (Å²) >= 11 is 0. The van der Waals surface area contributed by atoms with Crippen LogP contribution in [0.25, 0.3) is 11.4 Å². The van der Waals surface area contributed by atoms with E-state index in [1.807, 2.05) is 0 Å². The highest BCUT2D eigenvalue weighted by Crippen LogP contribution is 2.29. The van der Waals surface area contributed by atoms with Crippen molar-refractivity contribution in [1.82, 2.24) is 15.5 Å². The Kier molecular flexibility index (Phi) is 5.20. The Morgan fingerprint density at radius 2 is 1.78 bits per heavy atom. The van der Waals surface area contributed by atoms with Gasteiger partial charge in [-0.15, -0.1) is 0 Å². The lowest BCUT2D eigenvalue weighted by atomic mass is 10.1. The predicted octanol–water partition coefficient (Wildman–Crippen LogP) is 3.87. The zero-order valence-corrected chi connectivity index (χ0v) is 13.8. The number of halogens is 4. The summed E-state index contributed by atoms with van der Waals surface area (Å²) in [6, 6.07) is 9.84. The number of hydrogen-bond donors (Lipinski definition) is 1. The van der Waals surface area contributed by atoms with Gasteiger partial charge in [-0.1, -0.05) is 17.3 Å². The molecule has 140 valence electrons. The molecule has 0 aliphatic rings. The molecular formula is C18H13F4N3O2. The minimum absolute atomic E-state index is 0.0946. The highest BCUT2D eigenvalue weighted by atomic mass is 19.4. The first-order valence-corrected chi connectivity index (χ1v) is 7.87. The Labute approximate surface area is 151 Å². The van der Waals surface area contributed by atoms with Gasteiger partial charge in [-0.25, -0.2) is 4.39 Å². The molecule has 27 heavy (non-hydrogen) atoms. The molecule has 3 rings (SSSR count). The third-order valence-corrected chi connectivity index (χ3v) is 3.68. The number of carbonyl (C=O) groups excluding carboxylic acids is 1. The molecule has 5 nitrogen and oxygen atoms in total. The number of carbonyl (C=O) groups is 1. The third kappa shape index (κ3) is 4.49. The van der Waals surface area contributed by atoms with Gasteiger partial charge in [-0.3, -0.25) is 4.79 Å². The predicted molar refractivity (Wildman–Crippen MR) is 87.2 cm³/mol. The summed E-state index contributed by atoms with van der Waals surface area (Å²) in [6.07, 6.45) is -4.27. The lowest BCUT2D eigenvalue weighted by Crippen LogP contribution is -2.25. The molecule has 3 aromatic rings. The van der Waals surface area contributed by atoms with E-state index in [2.05, 4.69) is 15.5 Å². The van der Waals surface area contributed by atoms with Crippen molar-refractivity contribution in [2.45, 2.75) is 12.6 Å². The van der Waals surface area contributed by atoms with E-state index in [9.17, 15) is 22.4 Å². The van der Waals surface area contributed by atoms with Crippen LogP contribution < -0.4 is 5.32 Å². The average molecular weight is 379 g/mol. The molecule has 1 heterocycles. The molecule has 9 heteroatoms. The standard InChI is InChI=1S/C18H13F4N3O2/c19-14-4-2-1-3-13(14)16-24-15(27-25-16)9-10-23-17(26)11-5-7-12(8-6-11)18(20,21)22/h1-8H,9-10H2,(H,23,26). The van der Waals surface area contributed by atoms with E-state index >= 15 is 0 Å². The van der Waals surface area contributed by atoms with E-state index in [1.165, 1.54) is 18.2 Å². The first kappa shape index (κ1) is 18.6. The quantitative estimate of drug-likeness (QED) is 0.684. The fraction of sp³-hybridized carbons (Fsp3) is 0.167. The normalized spacial score (nSPS) is 11.4. The molecule has 0 saturated heterocycles. The third-order valence-electron chi connectivity index (χ3n) is 3.68. The Balaban J connectivity index is 1.56. The van der Waals surface area contributed by atoms with Crippen LogP contribution >= 0.6 is 0 Å². The van der Waals surface area contributed by atoms with E-state index in [0.29, 0.717) is 0 Å². The lowest BCUT2D eigenvalue weighted by Gasteiger charge is -2.07. The van der Waals surface area contributed by atoms with Crippen molar-refractivity contribution >= 4 is 5.91 Å². The van der Waals surface area contributed by atoms with E-state index < -0.39 is 23.5 Å². The van der Waals surface area contributed by atoms with Gasteiger partial charge in [0.1, 0.15) is 5.82 Å². The molecule has 0 aliphatic heterocycles. The summed E-state index contributed by atoms with van der Waals surface area (Å²) in [5.41, 5.74) is -0.535. The molecule has 1 N–H and O–H groups in total. The molecule has 0 radical (unpaired) electrons. The molecule has 0 spiro atoms. The monoisotopic (exact) mass is 379 g/mol. The summed E-state index contributed by atoms with van der Waals surface area (Å²) in [4.78, 5) is 16.0. The van der Waals surface area contributed by atoms with E-state index in [1.54, 1.807) is 6.07 Å². The number of hydrogen-bond acceptors (Lipinski definition) is 4. The van der Waals surface area contributed by atoms with Gasteiger partial charge in [0.05, 0.1) is 11.1 Å². The maximum Gasteiger partial charge on any atom is 0.416 e. The van der Waals surface area contributed by atoms with Crippen LogP contribution in [0.5, 0.6) is 0 Å². The maximum atomic E-state index is 13.7. The lowest BCUT2D eigenvalue weighted by molar-refractivity contribution is -0.137. The zero-order valence-electron chi connectivity index (χ0n) is 13.8. The smallest absolute Gasteiger partial charge is 0.352 e. The van der Waals surface area contributed by atoms with Crippen molar-refractivity contribution in [2.24, 2.45) is 0 Å². The Hall–Kier alpha value is -3.23. The summed E-state index contributed by atoms with van der Waals surface area (Å²) in [7, 11) is 0. The van der Waals surface area contributed by atoms with Crippen LogP contribution in [0.4, 0.5) is 17.6 Å². The van der Waals surface area contributed by atoms with Gasteiger partial charge in [-0.05, 0) is 36.4 Å². The van der Waals surface area contributed by atoms with Crippen molar-refractivity contribution in [3.63, 3.8) is 0 Å². The van der Waals surface area contributed by atoms with Crippen LogP contribution in [-0.4, -0.2) is 22.6 Å². The van der Waals surface area contributed by atoms with E-state index in [-0.39, 0.29) is 35.8 Å². The minimum atomic E-state index is -4.46. The summed E-state index contributed by atoms with van der Waals surface area (Å²) in [6.45, 7) is 0.124. The molecule has 0 aliphatic carbocycles. The molecule has 1 amide bonds. The van der Waals surface area contributed by atoms with Crippen LogP contribution in [0.3, 0.4) is 0 Å². The van der Waals surface area contributed by atoms with E-state index in [0.717, 1.165) is 24.3 Å². The van der Waals surface area contributed by atoms with Crippen molar-refractivity contribution in [3.8, 4) is 11.4 Å². The molecule has 0 unspecified atom stereocenters. The molecular weight excluding hydrogens is 366 g/mol. The maximum absolute atomic E-state index is 13.7. The van der Waals surface area contributed by atoms with Crippen LogP contribution in [0.2, 0.25) is 0 Å². The van der Waals surface area contributed by atoms with Gasteiger partial charge in [0.15, 0.2) is 0 Å². The summed E-state index contributed by atoms with van der Waals surface area (Å²) in [5.74, 6) is -0.726. The van der Waals surface area contributed by atoms with Gasteiger partial charge in [0, 0.05) is 18.5 Å². The van der Waals surface area contributed by atoms with Crippen LogP contribution in [0.15, 0.2) is 53.1 Å². The van der Waals surface area contributed by atoms with Crippen molar-refractivity contribution < 1.29 is 26.9 Å². The largest absolute Gasteiger partial charge is 0.416 e. The first-order chi connectivity index (χ1) is 12.8. The van der Waals surface area contributed by atoms with Gasteiger partial charge in [-0.2, -0.15) is 18.2 Å². The Morgan fingerprint density at radius 3 is 2.44 bits per heavy atom. The number of amides is 1. The number of nitrogens with zero attached hydrogens (tertiary/aromatic N) is 2. The number of aromatic nitrogens is 2. The Bertz CT molecular complexity index is 936. The van der Waals surface area contributed by atoms with Gasteiger partial charge < -0.3 is 9.84 Å². The number of alkyl halides is 3. The van der Waals surface area contributed by atoms with Crippen molar-refractivity contribution in [3.05, 3.63) is 71.4 Å². The first-order valence-electron chi connectivity index (χ1n) is 7.87. The number of benzene rings is 2. The topological polar surface area (TPSA) is 68.0 Å². The fourth-order valence-electron chi connectivity index (χ4n) is 2.30. The molecule has 1 aromatic heterocycles. The zero-order chi connectivity index (χ0) is 19.4. The highest BCUT2D eigenvalue weighted by molar-refractivity contribution is 5.94. The second-order valence-corrected chi connectivity index (χ2v) is 5.57. The molecule has 0 bridgehead atoms. The number of nitrogens with one attached hydrogen (secondary N) is 1. The molecule has 0 atom stereocenters. The van der Waals surface area contributed by atoms with Crippen LogP contribution in [-0.2, 0) is 12.6 Å². The molecule has 0 saturated carbocycles.